The van der Waals surface area contributed by atoms with Crippen LogP contribution in [0.25, 0.3) is 0 Å². The van der Waals surface area contributed by atoms with Crippen molar-refractivity contribution in [3.8, 4) is 0 Å². The van der Waals surface area contributed by atoms with Crippen LogP contribution in [0, 0.1) is 0 Å². The van der Waals surface area contributed by atoms with Crippen LogP contribution in [0.1, 0.15) is 38.5 Å². The maximum atomic E-state index is 11.6. The Kier molecular flexibility index (Phi) is 8.83. The fraction of sp³-hybridized carbons (Fsp3) is 0.750. The van der Waals surface area contributed by atoms with Gasteiger partial charge in [-0.15, -0.1) is 0 Å². The first-order valence-electron chi connectivity index (χ1n) is 7.86. The molecule has 0 aromatic heterocycles. The van der Waals surface area contributed by atoms with E-state index in [1.54, 1.807) is 27.3 Å². The van der Waals surface area contributed by atoms with Gasteiger partial charge < -0.3 is 24.3 Å². The third kappa shape index (κ3) is 7.11. The first-order valence-corrected chi connectivity index (χ1v) is 7.86. The minimum absolute atomic E-state index is 0.0118. The molecule has 23 heavy (non-hydrogen) atoms. The van der Waals surface area contributed by atoms with E-state index in [0.717, 1.165) is 0 Å². The van der Waals surface area contributed by atoms with Crippen molar-refractivity contribution in [1.82, 2.24) is 5.32 Å². The van der Waals surface area contributed by atoms with E-state index in [2.05, 4.69) is 5.32 Å². The van der Waals surface area contributed by atoms with Crippen LogP contribution < -0.4 is 5.32 Å². The molecule has 7 heteroatoms. The highest BCUT2D eigenvalue weighted by Gasteiger charge is 2.35. The average molecular weight is 329 g/mol. The fourth-order valence-corrected chi connectivity index (χ4v) is 2.24. The molecule has 0 aliphatic carbocycles. The molecule has 0 bridgehead atoms. The van der Waals surface area contributed by atoms with Gasteiger partial charge in [0.15, 0.2) is 12.1 Å². The topological polar surface area (TPSA) is 83.1 Å². The van der Waals surface area contributed by atoms with Crippen molar-refractivity contribution in [3.05, 3.63) is 12.2 Å². The molecule has 0 saturated carbocycles. The predicted molar refractivity (Wildman–Crippen MR) is 83.5 cm³/mol. The molecule has 1 aliphatic rings. The Morgan fingerprint density at radius 3 is 2.57 bits per heavy atom. The number of hydrogen-bond acceptors (Lipinski definition) is 6. The van der Waals surface area contributed by atoms with Gasteiger partial charge in [0.1, 0.15) is 0 Å². The lowest BCUT2D eigenvalue weighted by Crippen LogP contribution is -2.32. The largest absolute Gasteiger partial charge is 0.466 e. The molecule has 2 atom stereocenters. The van der Waals surface area contributed by atoms with Crippen LogP contribution in [0.2, 0.25) is 0 Å². The molecule has 0 spiro atoms. The zero-order valence-electron chi connectivity index (χ0n) is 14.1. The van der Waals surface area contributed by atoms with Crippen LogP contribution in [0.4, 0.5) is 0 Å². The summed E-state index contributed by atoms with van der Waals surface area (Å²) >= 11 is 0. The van der Waals surface area contributed by atoms with Gasteiger partial charge in [-0.05, 0) is 31.4 Å². The number of hydrogen-bond donors (Lipinski definition) is 1. The summed E-state index contributed by atoms with van der Waals surface area (Å²) in [7, 11) is 4.73. The van der Waals surface area contributed by atoms with Crippen molar-refractivity contribution in [3.63, 3.8) is 0 Å². The maximum Gasteiger partial charge on any atom is 0.305 e. The van der Waals surface area contributed by atoms with Crippen molar-refractivity contribution < 1.29 is 28.5 Å². The lowest BCUT2D eigenvalue weighted by molar-refractivity contribution is -0.245. The van der Waals surface area contributed by atoms with Crippen LogP contribution >= 0.6 is 0 Å². The van der Waals surface area contributed by atoms with E-state index in [-0.39, 0.29) is 11.9 Å². The summed E-state index contributed by atoms with van der Waals surface area (Å²) in [6, 6.07) is 0. The second-order valence-corrected chi connectivity index (χ2v) is 5.30. The average Bonchev–Trinajstić information content (AvgIpc) is 2.99. The molecule has 1 aliphatic heterocycles. The number of ether oxygens (including phenoxy) is 4. The Morgan fingerprint density at radius 2 is 1.96 bits per heavy atom. The molecular formula is C16H27NO6. The van der Waals surface area contributed by atoms with Gasteiger partial charge in [-0.3, -0.25) is 9.59 Å². The first-order chi connectivity index (χ1) is 11.0. The molecular weight excluding hydrogens is 302 g/mol. The van der Waals surface area contributed by atoms with Gasteiger partial charge in [-0.1, -0.05) is 0 Å². The van der Waals surface area contributed by atoms with Gasteiger partial charge in [0, 0.05) is 40.5 Å². The molecule has 1 amide bonds. The summed E-state index contributed by atoms with van der Waals surface area (Å²) in [5.74, 6) is -1.06. The molecule has 0 radical (unpaired) electrons. The summed E-state index contributed by atoms with van der Waals surface area (Å²) < 4.78 is 21.3. The summed E-state index contributed by atoms with van der Waals surface area (Å²) in [4.78, 5) is 22.6. The number of unbranched alkanes of at least 4 members (excludes halogenated alkanes) is 1. The zero-order chi connectivity index (χ0) is 17.1. The van der Waals surface area contributed by atoms with Gasteiger partial charge in [-0.25, -0.2) is 0 Å². The number of carbonyl (C=O) groups excluding carboxylic acids is 2. The van der Waals surface area contributed by atoms with Crippen molar-refractivity contribution in [2.45, 2.75) is 50.6 Å². The molecule has 1 rings (SSSR count). The van der Waals surface area contributed by atoms with Crippen LogP contribution in [-0.2, 0) is 28.5 Å². The van der Waals surface area contributed by atoms with E-state index in [0.29, 0.717) is 45.1 Å². The summed E-state index contributed by atoms with van der Waals surface area (Å²) in [5, 5.41) is 2.54. The van der Waals surface area contributed by atoms with Crippen LogP contribution in [-0.4, -0.2) is 51.8 Å². The number of amides is 1. The van der Waals surface area contributed by atoms with Crippen molar-refractivity contribution in [2.75, 3.05) is 27.9 Å². The van der Waals surface area contributed by atoms with E-state index in [4.69, 9.17) is 18.9 Å². The van der Waals surface area contributed by atoms with Gasteiger partial charge in [0.05, 0.1) is 6.61 Å². The Labute approximate surface area is 137 Å². The number of carbonyl (C=O) groups is 2. The Balaban J connectivity index is 2.11. The number of methoxy groups -OCH3 is 2. The molecule has 0 saturated heterocycles. The van der Waals surface area contributed by atoms with E-state index in [9.17, 15) is 9.59 Å². The van der Waals surface area contributed by atoms with Gasteiger partial charge in [-0.2, -0.15) is 0 Å². The molecule has 0 aromatic carbocycles. The number of esters is 1. The standard InChI is InChI=1S/C16H27NO6/c1-17-13(18)7-4-5-8-14(19)22-12-6-10-16(21-3)11-9-15(20-2)23-16/h9,11,15H,4-8,10,12H2,1-3H3,(H,17,18). The van der Waals surface area contributed by atoms with Crippen LogP contribution in [0.15, 0.2) is 12.2 Å². The molecule has 132 valence electrons. The second kappa shape index (κ2) is 10.4. The van der Waals surface area contributed by atoms with Crippen molar-refractivity contribution in [2.24, 2.45) is 0 Å². The van der Waals surface area contributed by atoms with E-state index >= 15 is 0 Å². The lowest BCUT2D eigenvalue weighted by Gasteiger charge is -2.26. The van der Waals surface area contributed by atoms with Gasteiger partial charge in [0.2, 0.25) is 5.91 Å². The van der Waals surface area contributed by atoms with Crippen molar-refractivity contribution in [1.29, 1.82) is 0 Å². The predicted octanol–water partition coefficient (Wildman–Crippen LogP) is 1.52. The first kappa shape index (κ1) is 19.6. The zero-order valence-corrected chi connectivity index (χ0v) is 14.1. The SMILES string of the molecule is CNC(=O)CCCCC(=O)OCCCC1(OC)C=CC(OC)O1. The molecule has 1 heterocycles. The highest BCUT2D eigenvalue weighted by atomic mass is 16.8. The van der Waals surface area contributed by atoms with Crippen LogP contribution in [0.3, 0.4) is 0 Å². The number of nitrogens with one attached hydrogen (secondary N) is 1. The minimum atomic E-state index is -0.805. The third-order valence-electron chi connectivity index (χ3n) is 3.65. The molecule has 2 unspecified atom stereocenters. The van der Waals surface area contributed by atoms with Gasteiger partial charge >= 0.3 is 5.97 Å². The summed E-state index contributed by atoms with van der Waals surface area (Å²) in [6.07, 6.45) is 6.50. The second-order valence-electron chi connectivity index (χ2n) is 5.30. The molecule has 7 nitrogen and oxygen atoms in total. The molecule has 0 aromatic rings. The van der Waals surface area contributed by atoms with Gasteiger partial charge in [0.25, 0.3) is 0 Å². The fourth-order valence-electron chi connectivity index (χ4n) is 2.24. The molecule has 1 N–H and O–H groups in total. The van der Waals surface area contributed by atoms with E-state index < -0.39 is 12.1 Å². The maximum absolute atomic E-state index is 11.6. The Hall–Kier alpha value is -1.44. The lowest BCUT2D eigenvalue weighted by atomic mass is 10.1. The number of rotatable bonds is 11. The summed E-state index contributed by atoms with van der Waals surface area (Å²) in [5.41, 5.74) is 0. The van der Waals surface area contributed by atoms with E-state index in [1.807, 2.05) is 6.08 Å². The Bertz CT molecular complexity index is 411. The Morgan fingerprint density at radius 1 is 1.22 bits per heavy atom. The molecule has 0 fully saturated rings. The third-order valence-corrected chi connectivity index (χ3v) is 3.65. The normalized spacial score (nSPS) is 23.0. The smallest absolute Gasteiger partial charge is 0.305 e. The van der Waals surface area contributed by atoms with E-state index in [1.165, 1.54) is 0 Å². The van der Waals surface area contributed by atoms with Crippen LogP contribution in [0.5, 0.6) is 0 Å². The summed E-state index contributed by atoms with van der Waals surface area (Å²) in [6.45, 7) is 0.314. The minimum Gasteiger partial charge on any atom is -0.466 e. The van der Waals surface area contributed by atoms with Crippen molar-refractivity contribution >= 4 is 11.9 Å². The highest BCUT2D eigenvalue weighted by molar-refractivity contribution is 5.75. The highest BCUT2D eigenvalue weighted by Crippen LogP contribution is 2.29. The monoisotopic (exact) mass is 329 g/mol. The quantitative estimate of drug-likeness (QED) is 0.351.